The highest BCUT2D eigenvalue weighted by Crippen LogP contribution is 2.23. The summed E-state index contributed by atoms with van der Waals surface area (Å²) in [5.41, 5.74) is 0.874. The lowest BCUT2D eigenvalue weighted by molar-refractivity contribution is 0.352. The molecule has 1 aromatic heterocycles. The van der Waals surface area contributed by atoms with E-state index in [2.05, 4.69) is 38.0 Å². The van der Waals surface area contributed by atoms with Crippen LogP contribution in [0.15, 0.2) is 4.42 Å². The molecule has 1 N–H and O–H groups in total. The molecule has 0 saturated heterocycles. The number of hydrogen-bond donors (Lipinski definition) is 1. The standard InChI is InChI=1S/C11H20N2O/c1-7(2)13-11(5,6)10-8(3)14-9(4)12-10/h7,13H,1-6H3. The first-order chi connectivity index (χ1) is 6.33. The minimum absolute atomic E-state index is 0.129. The quantitative estimate of drug-likeness (QED) is 0.807. The molecule has 0 radical (unpaired) electrons. The van der Waals surface area contributed by atoms with Gasteiger partial charge in [-0.25, -0.2) is 4.98 Å². The average molecular weight is 196 g/mol. The third-order valence-corrected chi connectivity index (χ3v) is 2.15. The van der Waals surface area contributed by atoms with E-state index >= 15 is 0 Å². The second kappa shape index (κ2) is 3.73. The van der Waals surface area contributed by atoms with Crippen molar-refractivity contribution in [1.82, 2.24) is 10.3 Å². The van der Waals surface area contributed by atoms with Gasteiger partial charge in [0.25, 0.3) is 0 Å². The Morgan fingerprint density at radius 1 is 1.29 bits per heavy atom. The second-order valence-electron chi connectivity index (χ2n) is 4.56. The Bertz CT molecular complexity index is 313. The molecule has 0 bridgehead atoms. The van der Waals surface area contributed by atoms with Crippen LogP contribution < -0.4 is 5.32 Å². The molecule has 0 aliphatic carbocycles. The summed E-state index contributed by atoms with van der Waals surface area (Å²) in [6, 6.07) is 0.432. The third-order valence-electron chi connectivity index (χ3n) is 2.15. The van der Waals surface area contributed by atoms with Gasteiger partial charge in [0.15, 0.2) is 5.89 Å². The van der Waals surface area contributed by atoms with Crippen LogP contribution in [-0.2, 0) is 5.54 Å². The number of rotatable bonds is 3. The number of nitrogens with zero attached hydrogens (tertiary/aromatic N) is 1. The first-order valence-electron chi connectivity index (χ1n) is 5.05. The lowest BCUT2D eigenvalue weighted by atomic mass is 9.98. The van der Waals surface area contributed by atoms with Gasteiger partial charge in [-0.15, -0.1) is 0 Å². The first kappa shape index (κ1) is 11.2. The summed E-state index contributed by atoms with van der Waals surface area (Å²) in [5, 5.41) is 3.47. The SMILES string of the molecule is Cc1nc(C(C)(C)NC(C)C)c(C)o1. The van der Waals surface area contributed by atoms with Crippen molar-refractivity contribution in [3.8, 4) is 0 Å². The van der Waals surface area contributed by atoms with Gasteiger partial charge in [-0.2, -0.15) is 0 Å². The van der Waals surface area contributed by atoms with Crippen LogP contribution in [0.25, 0.3) is 0 Å². The van der Waals surface area contributed by atoms with Gasteiger partial charge in [0.2, 0.25) is 0 Å². The van der Waals surface area contributed by atoms with Crippen LogP contribution >= 0.6 is 0 Å². The number of nitrogens with one attached hydrogen (secondary N) is 1. The maximum Gasteiger partial charge on any atom is 0.191 e. The van der Waals surface area contributed by atoms with Crippen LogP contribution in [0.4, 0.5) is 0 Å². The molecule has 3 nitrogen and oxygen atoms in total. The predicted octanol–water partition coefficient (Wildman–Crippen LogP) is 2.52. The number of hydrogen-bond acceptors (Lipinski definition) is 3. The van der Waals surface area contributed by atoms with Gasteiger partial charge in [0.1, 0.15) is 11.5 Å². The van der Waals surface area contributed by atoms with Crippen LogP contribution in [0.5, 0.6) is 0 Å². The van der Waals surface area contributed by atoms with Crippen molar-refractivity contribution in [2.75, 3.05) is 0 Å². The van der Waals surface area contributed by atoms with Crippen molar-refractivity contribution in [3.63, 3.8) is 0 Å². The zero-order chi connectivity index (χ0) is 10.9. The first-order valence-corrected chi connectivity index (χ1v) is 5.05. The van der Waals surface area contributed by atoms with Crippen LogP contribution in [-0.4, -0.2) is 11.0 Å². The summed E-state index contributed by atoms with van der Waals surface area (Å²) in [4.78, 5) is 4.41. The summed E-state index contributed by atoms with van der Waals surface area (Å²) in [5.74, 6) is 1.64. The topological polar surface area (TPSA) is 38.1 Å². The van der Waals surface area contributed by atoms with Crippen molar-refractivity contribution in [1.29, 1.82) is 0 Å². The van der Waals surface area contributed by atoms with Gasteiger partial charge in [0, 0.05) is 13.0 Å². The average Bonchev–Trinajstić information content (AvgIpc) is 2.27. The molecule has 1 heterocycles. The molecule has 0 aliphatic rings. The zero-order valence-corrected chi connectivity index (χ0v) is 9.93. The molecule has 0 spiro atoms. The fourth-order valence-electron chi connectivity index (χ4n) is 1.90. The minimum atomic E-state index is -0.129. The van der Waals surface area contributed by atoms with Gasteiger partial charge in [0.05, 0.1) is 5.54 Å². The van der Waals surface area contributed by atoms with E-state index < -0.39 is 0 Å². The van der Waals surface area contributed by atoms with Crippen LogP contribution in [0.3, 0.4) is 0 Å². The highest BCUT2D eigenvalue weighted by molar-refractivity contribution is 5.17. The predicted molar refractivity (Wildman–Crippen MR) is 57.3 cm³/mol. The summed E-state index contributed by atoms with van der Waals surface area (Å²) in [7, 11) is 0. The highest BCUT2D eigenvalue weighted by Gasteiger charge is 2.27. The Morgan fingerprint density at radius 3 is 2.21 bits per heavy atom. The summed E-state index contributed by atoms with van der Waals surface area (Å²) in [6.45, 7) is 12.3. The van der Waals surface area contributed by atoms with Gasteiger partial charge < -0.3 is 9.73 Å². The summed E-state index contributed by atoms with van der Waals surface area (Å²) >= 11 is 0. The third kappa shape index (κ3) is 2.35. The van der Waals surface area contributed by atoms with E-state index in [0.29, 0.717) is 6.04 Å². The van der Waals surface area contributed by atoms with E-state index in [9.17, 15) is 0 Å². The fraction of sp³-hybridized carbons (Fsp3) is 0.727. The molecule has 0 aliphatic heterocycles. The van der Waals surface area contributed by atoms with Crippen molar-refractivity contribution in [3.05, 3.63) is 17.3 Å². The van der Waals surface area contributed by atoms with Crippen LogP contribution in [0.2, 0.25) is 0 Å². The molecule has 1 aromatic rings. The molecule has 0 aromatic carbocycles. The summed E-state index contributed by atoms with van der Waals surface area (Å²) < 4.78 is 5.43. The summed E-state index contributed by atoms with van der Waals surface area (Å²) in [6.07, 6.45) is 0. The smallest absolute Gasteiger partial charge is 0.191 e. The molecule has 0 saturated carbocycles. The zero-order valence-electron chi connectivity index (χ0n) is 9.93. The van der Waals surface area contributed by atoms with Gasteiger partial charge in [-0.1, -0.05) is 13.8 Å². The Morgan fingerprint density at radius 2 is 1.86 bits per heavy atom. The highest BCUT2D eigenvalue weighted by atomic mass is 16.4. The Hall–Kier alpha value is -0.830. The minimum Gasteiger partial charge on any atom is -0.446 e. The van der Waals surface area contributed by atoms with Crippen molar-refractivity contribution in [2.45, 2.75) is 53.1 Å². The molecule has 1 rings (SSSR count). The van der Waals surface area contributed by atoms with Crippen LogP contribution in [0, 0.1) is 13.8 Å². The van der Waals surface area contributed by atoms with Crippen molar-refractivity contribution >= 4 is 0 Å². The Labute approximate surface area is 85.9 Å². The van der Waals surface area contributed by atoms with E-state index in [1.807, 2.05) is 13.8 Å². The Kier molecular flexibility index (Phi) is 3.00. The van der Waals surface area contributed by atoms with E-state index in [4.69, 9.17) is 4.42 Å². The second-order valence-corrected chi connectivity index (χ2v) is 4.56. The molecule has 80 valence electrons. The van der Waals surface area contributed by atoms with Gasteiger partial charge >= 0.3 is 0 Å². The van der Waals surface area contributed by atoms with Crippen molar-refractivity contribution < 1.29 is 4.42 Å². The van der Waals surface area contributed by atoms with Crippen molar-refractivity contribution in [2.24, 2.45) is 0 Å². The monoisotopic (exact) mass is 196 g/mol. The normalized spacial score (nSPS) is 12.5. The molecule has 3 heteroatoms. The molecular weight excluding hydrogens is 176 g/mol. The van der Waals surface area contributed by atoms with E-state index in [1.165, 1.54) is 0 Å². The number of aromatic nitrogens is 1. The van der Waals surface area contributed by atoms with Gasteiger partial charge in [-0.05, 0) is 20.8 Å². The number of aryl methyl sites for hydroxylation is 2. The molecule has 0 fully saturated rings. The van der Waals surface area contributed by atoms with E-state index in [-0.39, 0.29) is 5.54 Å². The molecular formula is C11H20N2O. The van der Waals surface area contributed by atoms with E-state index in [1.54, 1.807) is 0 Å². The lowest BCUT2D eigenvalue weighted by Crippen LogP contribution is -2.41. The number of oxazole rings is 1. The Balaban J connectivity index is 2.96. The maximum atomic E-state index is 5.43. The van der Waals surface area contributed by atoms with E-state index in [0.717, 1.165) is 17.3 Å². The maximum absolute atomic E-state index is 5.43. The molecule has 14 heavy (non-hydrogen) atoms. The van der Waals surface area contributed by atoms with Gasteiger partial charge in [-0.3, -0.25) is 0 Å². The largest absolute Gasteiger partial charge is 0.446 e. The molecule has 0 unspecified atom stereocenters. The lowest BCUT2D eigenvalue weighted by Gasteiger charge is -2.27. The fourth-order valence-corrected chi connectivity index (χ4v) is 1.90. The van der Waals surface area contributed by atoms with Crippen LogP contribution in [0.1, 0.15) is 45.0 Å². The molecule has 0 amide bonds. The molecule has 0 atom stereocenters.